The fraction of sp³-hybridized carbons (Fsp3) is 0.231. The van der Waals surface area contributed by atoms with Crippen LogP contribution in [0.2, 0.25) is 0 Å². The van der Waals surface area contributed by atoms with Crippen LogP contribution >= 0.6 is 23.1 Å². The molecule has 3 rings (SSSR count). The van der Waals surface area contributed by atoms with Gasteiger partial charge in [-0.25, -0.2) is 0 Å². The molecule has 1 aliphatic heterocycles. The van der Waals surface area contributed by atoms with E-state index in [0.717, 1.165) is 5.56 Å². The molecule has 2 aromatic heterocycles. The van der Waals surface area contributed by atoms with E-state index >= 15 is 0 Å². The number of hydrogen-bond acceptors (Lipinski definition) is 4. The Labute approximate surface area is 114 Å². The van der Waals surface area contributed by atoms with Gasteiger partial charge in [-0.1, -0.05) is 6.07 Å². The van der Waals surface area contributed by atoms with Gasteiger partial charge in [-0.05, 0) is 34.0 Å². The minimum Gasteiger partial charge on any atom is -0.321 e. The zero-order valence-electron chi connectivity index (χ0n) is 9.65. The Morgan fingerprint density at radius 2 is 2.39 bits per heavy atom. The highest BCUT2D eigenvalue weighted by molar-refractivity contribution is 8.00. The standard InChI is InChI=1S/C13H12N2OS2/c16-12-9-18-13(11-3-5-17-8-11)15(12)7-10-2-1-4-14-6-10/h1-6,8,13H,7,9H2. The zero-order chi connectivity index (χ0) is 12.4. The molecule has 3 heterocycles. The van der Waals surface area contributed by atoms with Gasteiger partial charge in [0.05, 0.1) is 5.75 Å². The number of thiophene rings is 1. The van der Waals surface area contributed by atoms with Gasteiger partial charge in [0.2, 0.25) is 5.91 Å². The molecule has 0 bridgehead atoms. The highest BCUT2D eigenvalue weighted by atomic mass is 32.2. The highest BCUT2D eigenvalue weighted by Crippen LogP contribution is 2.40. The van der Waals surface area contributed by atoms with Crippen LogP contribution in [0.25, 0.3) is 0 Å². The van der Waals surface area contributed by atoms with Crippen LogP contribution in [0, 0.1) is 0 Å². The van der Waals surface area contributed by atoms with Gasteiger partial charge in [0.1, 0.15) is 5.37 Å². The van der Waals surface area contributed by atoms with E-state index in [-0.39, 0.29) is 11.3 Å². The molecule has 0 N–H and O–H groups in total. The predicted molar refractivity (Wildman–Crippen MR) is 74.3 cm³/mol. The summed E-state index contributed by atoms with van der Waals surface area (Å²) in [6.45, 7) is 0.639. The van der Waals surface area contributed by atoms with Gasteiger partial charge in [-0.3, -0.25) is 9.78 Å². The fourth-order valence-corrected chi connectivity index (χ4v) is 3.95. The number of hydrogen-bond donors (Lipinski definition) is 0. The average Bonchev–Trinajstić information content (AvgIpc) is 3.02. The summed E-state index contributed by atoms with van der Waals surface area (Å²) in [5.74, 6) is 0.779. The summed E-state index contributed by atoms with van der Waals surface area (Å²) in [7, 11) is 0. The molecular formula is C13H12N2OS2. The lowest BCUT2D eigenvalue weighted by atomic mass is 10.2. The van der Waals surface area contributed by atoms with Crippen LogP contribution in [-0.2, 0) is 11.3 Å². The Morgan fingerprint density at radius 3 is 3.11 bits per heavy atom. The van der Waals surface area contributed by atoms with E-state index < -0.39 is 0 Å². The Bertz CT molecular complexity index is 527. The number of thioether (sulfide) groups is 1. The molecule has 1 fully saturated rings. The Morgan fingerprint density at radius 1 is 1.44 bits per heavy atom. The second kappa shape index (κ2) is 5.12. The first-order valence-corrected chi connectivity index (χ1v) is 7.66. The first-order chi connectivity index (χ1) is 8.84. The Kier molecular flexibility index (Phi) is 3.34. The average molecular weight is 276 g/mol. The van der Waals surface area contributed by atoms with Gasteiger partial charge in [0.25, 0.3) is 0 Å². The summed E-state index contributed by atoms with van der Waals surface area (Å²) in [5, 5.41) is 4.33. The van der Waals surface area contributed by atoms with Crippen LogP contribution in [0.3, 0.4) is 0 Å². The summed E-state index contributed by atoms with van der Waals surface area (Å²) in [4.78, 5) is 18.0. The second-order valence-corrected chi connectivity index (χ2v) is 5.95. The van der Waals surface area contributed by atoms with Crippen LogP contribution < -0.4 is 0 Å². The van der Waals surface area contributed by atoms with Gasteiger partial charge < -0.3 is 4.90 Å². The molecule has 0 spiro atoms. The third-order valence-electron chi connectivity index (χ3n) is 2.87. The molecule has 1 amide bonds. The van der Waals surface area contributed by atoms with Crippen molar-refractivity contribution in [1.82, 2.24) is 9.88 Å². The van der Waals surface area contributed by atoms with Crippen molar-refractivity contribution in [2.45, 2.75) is 11.9 Å². The number of pyridine rings is 1. The fourth-order valence-electron chi connectivity index (χ4n) is 2.01. The molecular weight excluding hydrogens is 264 g/mol. The second-order valence-electron chi connectivity index (χ2n) is 4.10. The normalized spacial score (nSPS) is 19.4. The lowest BCUT2D eigenvalue weighted by Crippen LogP contribution is -2.27. The van der Waals surface area contributed by atoms with Crippen molar-refractivity contribution in [2.24, 2.45) is 0 Å². The number of amides is 1. The first-order valence-electron chi connectivity index (χ1n) is 5.66. The van der Waals surface area contributed by atoms with Crippen LogP contribution in [-0.4, -0.2) is 21.5 Å². The zero-order valence-corrected chi connectivity index (χ0v) is 11.3. The van der Waals surface area contributed by atoms with Gasteiger partial charge in [-0.2, -0.15) is 11.3 Å². The lowest BCUT2D eigenvalue weighted by Gasteiger charge is -2.23. The van der Waals surface area contributed by atoms with Crippen molar-refractivity contribution in [2.75, 3.05) is 5.75 Å². The number of rotatable bonds is 3. The van der Waals surface area contributed by atoms with Crippen LogP contribution in [0.1, 0.15) is 16.5 Å². The maximum absolute atomic E-state index is 12.0. The third-order valence-corrected chi connectivity index (χ3v) is 4.83. The van der Waals surface area contributed by atoms with Crippen molar-refractivity contribution in [1.29, 1.82) is 0 Å². The van der Waals surface area contributed by atoms with Gasteiger partial charge in [-0.15, -0.1) is 11.8 Å². The lowest BCUT2D eigenvalue weighted by molar-refractivity contribution is -0.128. The Balaban J connectivity index is 1.82. The van der Waals surface area contributed by atoms with Crippen molar-refractivity contribution in [3.05, 3.63) is 52.5 Å². The molecule has 1 aliphatic rings. The summed E-state index contributed by atoms with van der Waals surface area (Å²) < 4.78 is 0. The van der Waals surface area contributed by atoms with E-state index in [1.165, 1.54) is 5.56 Å². The molecule has 1 atom stereocenters. The summed E-state index contributed by atoms with van der Waals surface area (Å²) in [6.07, 6.45) is 3.57. The first kappa shape index (κ1) is 11.7. The van der Waals surface area contributed by atoms with Crippen LogP contribution in [0.5, 0.6) is 0 Å². The molecule has 3 nitrogen and oxygen atoms in total. The van der Waals surface area contributed by atoms with E-state index in [1.54, 1.807) is 29.3 Å². The minimum absolute atomic E-state index is 0.156. The number of nitrogens with zero attached hydrogens (tertiary/aromatic N) is 2. The molecule has 0 radical (unpaired) electrons. The Hall–Kier alpha value is -1.33. The third kappa shape index (κ3) is 2.28. The predicted octanol–water partition coefficient (Wildman–Crippen LogP) is 2.92. The van der Waals surface area contributed by atoms with Crippen LogP contribution in [0.4, 0.5) is 0 Å². The van der Waals surface area contributed by atoms with E-state index in [2.05, 4.69) is 21.8 Å². The molecule has 1 unspecified atom stereocenters. The summed E-state index contributed by atoms with van der Waals surface area (Å²) >= 11 is 3.37. The van der Waals surface area contributed by atoms with Crippen molar-refractivity contribution in [3.63, 3.8) is 0 Å². The molecule has 92 valence electrons. The number of carbonyl (C=O) groups is 1. The van der Waals surface area contributed by atoms with Crippen molar-refractivity contribution in [3.8, 4) is 0 Å². The highest BCUT2D eigenvalue weighted by Gasteiger charge is 2.32. The summed E-state index contributed by atoms with van der Waals surface area (Å²) in [5.41, 5.74) is 2.30. The number of carbonyl (C=O) groups excluding carboxylic acids is 1. The quantitative estimate of drug-likeness (QED) is 0.864. The van der Waals surface area contributed by atoms with Crippen LogP contribution in [0.15, 0.2) is 41.4 Å². The van der Waals surface area contributed by atoms with Crippen molar-refractivity contribution < 1.29 is 4.79 Å². The largest absolute Gasteiger partial charge is 0.321 e. The monoisotopic (exact) mass is 276 g/mol. The van der Waals surface area contributed by atoms with E-state index in [1.807, 2.05) is 23.2 Å². The summed E-state index contributed by atoms with van der Waals surface area (Å²) in [6, 6.07) is 6.01. The smallest absolute Gasteiger partial charge is 0.234 e. The number of aromatic nitrogens is 1. The van der Waals surface area contributed by atoms with E-state index in [4.69, 9.17) is 0 Å². The SMILES string of the molecule is O=C1CSC(c2ccsc2)N1Cc1cccnc1. The maximum Gasteiger partial charge on any atom is 0.234 e. The molecule has 5 heteroatoms. The van der Waals surface area contributed by atoms with Gasteiger partial charge in [0.15, 0.2) is 0 Å². The molecule has 2 aromatic rings. The molecule has 18 heavy (non-hydrogen) atoms. The molecule has 1 saturated heterocycles. The van der Waals surface area contributed by atoms with Gasteiger partial charge >= 0.3 is 0 Å². The maximum atomic E-state index is 12.0. The molecule has 0 saturated carbocycles. The topological polar surface area (TPSA) is 33.2 Å². The van der Waals surface area contributed by atoms with E-state index in [9.17, 15) is 4.79 Å². The molecule has 0 aromatic carbocycles. The minimum atomic E-state index is 0.156. The van der Waals surface area contributed by atoms with Gasteiger partial charge in [0, 0.05) is 18.9 Å². The van der Waals surface area contributed by atoms with E-state index in [0.29, 0.717) is 12.3 Å². The van der Waals surface area contributed by atoms with Crippen molar-refractivity contribution >= 4 is 29.0 Å². The molecule has 0 aliphatic carbocycles.